The molecule has 3 heterocycles. The second-order valence-electron chi connectivity index (χ2n) is 7.43. The summed E-state index contributed by atoms with van der Waals surface area (Å²) in [7, 11) is 0. The summed E-state index contributed by atoms with van der Waals surface area (Å²) >= 11 is 2.98. The summed E-state index contributed by atoms with van der Waals surface area (Å²) < 4.78 is 7.67. The van der Waals surface area contributed by atoms with Crippen molar-refractivity contribution in [1.82, 2.24) is 4.57 Å². The molecule has 0 bridgehead atoms. The highest BCUT2D eigenvalue weighted by Crippen LogP contribution is 2.50. The van der Waals surface area contributed by atoms with E-state index < -0.39 is 0 Å². The summed E-state index contributed by atoms with van der Waals surface area (Å²) in [5, 5.41) is 13.1. The van der Waals surface area contributed by atoms with Crippen molar-refractivity contribution < 1.29 is 14.6 Å². The Morgan fingerprint density at radius 2 is 2.00 bits per heavy atom. The number of hydrogen-bond donors (Lipinski definition) is 2. The third-order valence-electron chi connectivity index (χ3n) is 5.48. The predicted octanol–water partition coefficient (Wildman–Crippen LogP) is 3.89. The molecule has 1 amide bonds. The number of nitrogens with zero attached hydrogens (tertiary/aromatic N) is 1. The maximum Gasteiger partial charge on any atom is 0.308 e. The van der Waals surface area contributed by atoms with Crippen molar-refractivity contribution in [2.75, 3.05) is 17.7 Å². The van der Waals surface area contributed by atoms with Crippen LogP contribution >= 0.6 is 23.1 Å². The number of hydrogen-bond acceptors (Lipinski definition) is 6. The number of nitrogens with one attached hydrogen (secondary N) is 1. The molecule has 0 saturated heterocycles. The minimum absolute atomic E-state index is 0.0189. The van der Waals surface area contributed by atoms with Crippen molar-refractivity contribution in [3.63, 3.8) is 0 Å². The summed E-state index contributed by atoms with van der Waals surface area (Å²) in [5.41, 5.74) is 1.77. The summed E-state index contributed by atoms with van der Waals surface area (Å²) in [6.45, 7) is 1.01. The first kappa shape index (κ1) is 19.3. The van der Waals surface area contributed by atoms with Crippen LogP contribution in [-0.2, 0) is 11.3 Å². The fourth-order valence-electron chi connectivity index (χ4n) is 4.03. The smallest absolute Gasteiger partial charge is 0.308 e. The number of aromatic hydroxyl groups is 1. The SMILES string of the molecule is O=C(CCn1c2c(sc1=O)[C@@H]1c3ccccc3OC[C@@H]1CS2)Nc1ccc(O)cc1. The lowest BCUT2D eigenvalue weighted by atomic mass is 9.84. The molecule has 1 aromatic heterocycles. The number of fused-ring (bicyclic) bond motifs is 5. The van der Waals surface area contributed by atoms with Crippen LogP contribution < -0.4 is 14.9 Å². The molecule has 0 aliphatic carbocycles. The maximum absolute atomic E-state index is 12.8. The van der Waals surface area contributed by atoms with E-state index in [9.17, 15) is 14.7 Å². The summed E-state index contributed by atoms with van der Waals surface area (Å²) in [4.78, 5) is 26.2. The van der Waals surface area contributed by atoms with Gasteiger partial charge in [0, 0.05) is 46.7 Å². The first-order valence-electron chi connectivity index (χ1n) is 9.77. The predicted molar refractivity (Wildman–Crippen MR) is 118 cm³/mol. The molecule has 2 aromatic carbocycles. The molecule has 5 rings (SSSR count). The molecule has 0 saturated carbocycles. The van der Waals surface area contributed by atoms with Crippen LogP contribution in [0.1, 0.15) is 22.8 Å². The maximum atomic E-state index is 12.8. The third-order valence-corrected chi connectivity index (χ3v) is 7.98. The quantitative estimate of drug-likeness (QED) is 0.602. The molecule has 2 aliphatic rings. The number of carbonyl (C=O) groups is 1. The Labute approximate surface area is 181 Å². The summed E-state index contributed by atoms with van der Waals surface area (Å²) in [6, 6.07) is 14.4. The van der Waals surface area contributed by atoms with Crippen LogP contribution in [0.5, 0.6) is 11.5 Å². The highest BCUT2D eigenvalue weighted by Gasteiger charge is 2.39. The second-order valence-corrected chi connectivity index (χ2v) is 9.43. The number of phenols is 1. The molecular formula is C22H20N2O4S2. The lowest BCUT2D eigenvalue weighted by Gasteiger charge is -2.36. The number of carbonyl (C=O) groups excluding carboxylic acids is 1. The van der Waals surface area contributed by atoms with E-state index in [4.69, 9.17) is 4.74 Å². The number of thioether (sulfide) groups is 1. The normalized spacial score (nSPS) is 19.2. The van der Waals surface area contributed by atoms with Gasteiger partial charge in [-0.2, -0.15) is 0 Å². The second kappa shape index (κ2) is 7.85. The van der Waals surface area contributed by atoms with Crippen molar-refractivity contribution in [3.05, 3.63) is 68.6 Å². The standard InChI is InChI=1S/C22H20N2O4S2/c25-15-7-5-14(6-8-15)23-18(26)9-10-24-21-20(30-22(24)27)19-13(12-29-21)11-28-17-4-2-1-3-16(17)19/h1-8,13,19,25H,9-12H2,(H,23,26)/t13-,19+/m1/s1. The minimum Gasteiger partial charge on any atom is -0.508 e. The Morgan fingerprint density at radius 1 is 1.20 bits per heavy atom. The zero-order valence-corrected chi connectivity index (χ0v) is 17.7. The first-order valence-corrected chi connectivity index (χ1v) is 11.6. The van der Waals surface area contributed by atoms with Gasteiger partial charge in [0.2, 0.25) is 5.91 Å². The number of phenolic OH excluding ortho intramolecular Hbond substituents is 1. The molecule has 30 heavy (non-hydrogen) atoms. The Hall–Kier alpha value is -2.71. The Bertz CT molecular complexity index is 1150. The molecule has 6 nitrogen and oxygen atoms in total. The van der Waals surface area contributed by atoms with Gasteiger partial charge in [-0.05, 0) is 30.3 Å². The van der Waals surface area contributed by atoms with Gasteiger partial charge in [-0.25, -0.2) is 0 Å². The Morgan fingerprint density at radius 3 is 2.83 bits per heavy atom. The molecule has 0 unspecified atom stereocenters. The highest BCUT2D eigenvalue weighted by atomic mass is 32.2. The van der Waals surface area contributed by atoms with Crippen LogP contribution in [0.2, 0.25) is 0 Å². The van der Waals surface area contributed by atoms with Crippen LogP contribution in [0.25, 0.3) is 0 Å². The van der Waals surface area contributed by atoms with Gasteiger partial charge in [-0.15, -0.1) is 11.8 Å². The van der Waals surface area contributed by atoms with Gasteiger partial charge in [0.05, 0.1) is 11.6 Å². The van der Waals surface area contributed by atoms with E-state index in [-0.39, 0.29) is 28.9 Å². The van der Waals surface area contributed by atoms with Gasteiger partial charge in [0.25, 0.3) is 0 Å². The van der Waals surface area contributed by atoms with E-state index in [2.05, 4.69) is 11.4 Å². The first-order chi connectivity index (χ1) is 14.6. The number of ether oxygens (including phenoxy) is 1. The molecule has 2 N–H and O–H groups in total. The van der Waals surface area contributed by atoms with Crippen molar-refractivity contribution in [1.29, 1.82) is 0 Å². The summed E-state index contributed by atoms with van der Waals surface area (Å²) in [6.07, 6.45) is 0.207. The molecule has 0 fully saturated rings. The molecule has 0 spiro atoms. The van der Waals surface area contributed by atoms with Crippen LogP contribution in [-0.4, -0.2) is 27.9 Å². The van der Waals surface area contributed by atoms with Crippen molar-refractivity contribution >= 4 is 34.7 Å². The van der Waals surface area contributed by atoms with E-state index in [1.807, 2.05) is 18.2 Å². The number of aromatic nitrogens is 1. The molecule has 0 radical (unpaired) electrons. The number of para-hydroxylation sites is 1. The monoisotopic (exact) mass is 440 g/mol. The van der Waals surface area contributed by atoms with Crippen LogP contribution in [0.15, 0.2) is 58.4 Å². The number of benzene rings is 2. The summed E-state index contributed by atoms with van der Waals surface area (Å²) in [5.74, 6) is 2.30. The minimum atomic E-state index is -0.164. The molecule has 2 atom stereocenters. The van der Waals surface area contributed by atoms with Gasteiger partial charge < -0.3 is 15.2 Å². The lowest BCUT2D eigenvalue weighted by molar-refractivity contribution is -0.116. The van der Waals surface area contributed by atoms with Crippen molar-refractivity contribution in [2.24, 2.45) is 5.92 Å². The van der Waals surface area contributed by atoms with Crippen LogP contribution in [0, 0.1) is 5.92 Å². The highest BCUT2D eigenvalue weighted by molar-refractivity contribution is 7.99. The Balaban J connectivity index is 1.36. The van der Waals surface area contributed by atoms with Crippen molar-refractivity contribution in [3.8, 4) is 11.5 Å². The number of thiazole rings is 1. The number of rotatable bonds is 4. The zero-order valence-electron chi connectivity index (χ0n) is 16.0. The average Bonchev–Trinajstić information content (AvgIpc) is 3.08. The van der Waals surface area contributed by atoms with E-state index in [1.165, 1.54) is 23.5 Å². The fourth-order valence-corrected chi connectivity index (χ4v) is 6.77. The molecule has 8 heteroatoms. The Kier molecular flexibility index (Phi) is 5.04. The van der Waals surface area contributed by atoms with Crippen LogP contribution in [0.3, 0.4) is 0 Å². The number of anilines is 1. The lowest BCUT2D eigenvalue weighted by Crippen LogP contribution is -2.31. The van der Waals surface area contributed by atoms with Gasteiger partial charge in [-0.3, -0.25) is 14.2 Å². The third kappa shape index (κ3) is 3.50. The molecular weight excluding hydrogens is 420 g/mol. The fraction of sp³-hybridized carbons (Fsp3) is 0.273. The molecule has 3 aromatic rings. The number of amides is 1. The topological polar surface area (TPSA) is 80.6 Å². The average molecular weight is 441 g/mol. The van der Waals surface area contributed by atoms with Crippen LogP contribution in [0.4, 0.5) is 5.69 Å². The van der Waals surface area contributed by atoms with Crippen molar-refractivity contribution in [2.45, 2.75) is 23.9 Å². The molecule has 154 valence electrons. The van der Waals surface area contributed by atoms with E-state index in [1.54, 1.807) is 28.5 Å². The van der Waals surface area contributed by atoms with E-state index in [0.29, 0.717) is 24.8 Å². The van der Waals surface area contributed by atoms with Gasteiger partial charge in [-0.1, -0.05) is 29.5 Å². The van der Waals surface area contributed by atoms with Gasteiger partial charge in [0.15, 0.2) is 0 Å². The van der Waals surface area contributed by atoms with Gasteiger partial charge in [0.1, 0.15) is 11.5 Å². The van der Waals surface area contributed by atoms with E-state index in [0.717, 1.165) is 27.0 Å². The van der Waals surface area contributed by atoms with E-state index >= 15 is 0 Å². The van der Waals surface area contributed by atoms with Gasteiger partial charge >= 0.3 is 4.87 Å². The largest absolute Gasteiger partial charge is 0.508 e. The molecule has 2 aliphatic heterocycles. The zero-order chi connectivity index (χ0) is 20.7.